The molecule has 2 rings (SSSR count). The molecule has 0 bridgehead atoms. The van der Waals surface area contributed by atoms with E-state index in [1.165, 1.54) is 4.90 Å². The fourth-order valence-corrected chi connectivity index (χ4v) is 4.16. The molecule has 0 aromatic heterocycles. The second kappa shape index (κ2) is 4.81. The van der Waals surface area contributed by atoms with Crippen molar-refractivity contribution in [2.45, 2.75) is 30.6 Å². The second-order valence-corrected chi connectivity index (χ2v) is 6.98. The Labute approximate surface area is 100 Å². The average Bonchev–Trinajstić information content (AvgIpc) is 2.63. The van der Waals surface area contributed by atoms with Gasteiger partial charge in [-0.05, 0) is 12.8 Å². The summed E-state index contributed by atoms with van der Waals surface area (Å²) in [7, 11) is -3.07. The highest BCUT2D eigenvalue weighted by Crippen LogP contribution is 2.22. The van der Waals surface area contributed by atoms with Crippen molar-refractivity contribution in [2.24, 2.45) is 0 Å². The lowest BCUT2D eigenvalue weighted by atomic mass is 10.2. The van der Waals surface area contributed by atoms with Crippen LogP contribution in [0.4, 0.5) is 4.79 Å². The summed E-state index contributed by atoms with van der Waals surface area (Å²) < 4.78 is 28.5. The first-order chi connectivity index (χ1) is 8.03. The Morgan fingerprint density at radius 2 is 2.18 bits per heavy atom. The van der Waals surface area contributed by atoms with Gasteiger partial charge in [-0.25, -0.2) is 13.2 Å². The molecule has 0 spiro atoms. The Morgan fingerprint density at radius 1 is 1.41 bits per heavy atom. The highest BCUT2D eigenvalue weighted by atomic mass is 32.2. The van der Waals surface area contributed by atoms with Gasteiger partial charge < -0.3 is 14.7 Å². The standard InChI is InChI=1S/C10H17NO5S/c12-7-8-5-11(10(13)16-8)6-9-3-1-2-4-17(9,14)15/h8-9,12H,1-7H2/t8-,9?/m1/s1. The highest BCUT2D eigenvalue weighted by molar-refractivity contribution is 7.92. The first-order valence-electron chi connectivity index (χ1n) is 5.81. The summed E-state index contributed by atoms with van der Waals surface area (Å²) in [6.07, 6.45) is 1.16. The maximum absolute atomic E-state index is 11.8. The normalized spacial score (nSPS) is 32.5. The number of cyclic esters (lactones) is 1. The van der Waals surface area contributed by atoms with E-state index >= 15 is 0 Å². The van der Waals surface area contributed by atoms with Crippen LogP contribution in [0.15, 0.2) is 0 Å². The van der Waals surface area contributed by atoms with Crippen LogP contribution in [-0.4, -0.2) is 61.3 Å². The third-order valence-corrected chi connectivity index (χ3v) is 5.55. The Bertz CT molecular complexity index is 394. The van der Waals surface area contributed by atoms with E-state index in [9.17, 15) is 13.2 Å². The lowest BCUT2D eigenvalue weighted by molar-refractivity contribution is 0.0947. The van der Waals surface area contributed by atoms with Crippen LogP contribution in [-0.2, 0) is 14.6 Å². The molecule has 2 aliphatic rings. The van der Waals surface area contributed by atoms with Crippen molar-refractivity contribution in [3.05, 3.63) is 0 Å². The first-order valence-corrected chi connectivity index (χ1v) is 7.52. The van der Waals surface area contributed by atoms with Crippen molar-refractivity contribution in [1.29, 1.82) is 0 Å². The number of aliphatic hydroxyl groups is 1. The molecule has 1 unspecified atom stereocenters. The third-order valence-electron chi connectivity index (χ3n) is 3.29. The maximum Gasteiger partial charge on any atom is 0.410 e. The SMILES string of the molecule is O=C1O[C@@H](CO)CN1CC1CCCCS1(=O)=O. The predicted octanol–water partition coefficient (Wildman–Crippen LogP) is -0.233. The molecular weight excluding hydrogens is 246 g/mol. The van der Waals surface area contributed by atoms with Gasteiger partial charge in [0.1, 0.15) is 6.10 Å². The number of carbonyl (C=O) groups is 1. The topological polar surface area (TPSA) is 83.9 Å². The smallest absolute Gasteiger partial charge is 0.410 e. The molecule has 2 aliphatic heterocycles. The van der Waals surface area contributed by atoms with E-state index < -0.39 is 27.3 Å². The van der Waals surface area contributed by atoms with Gasteiger partial charge >= 0.3 is 6.09 Å². The minimum Gasteiger partial charge on any atom is -0.442 e. The number of carbonyl (C=O) groups excluding carboxylic acids is 1. The van der Waals surface area contributed by atoms with Crippen LogP contribution in [0.5, 0.6) is 0 Å². The van der Waals surface area contributed by atoms with Gasteiger partial charge in [0.05, 0.1) is 24.2 Å². The predicted molar refractivity (Wildman–Crippen MR) is 60.4 cm³/mol. The van der Waals surface area contributed by atoms with E-state index in [1.807, 2.05) is 0 Å². The molecule has 1 amide bonds. The summed E-state index contributed by atoms with van der Waals surface area (Å²) in [6, 6.07) is 0. The maximum atomic E-state index is 11.8. The summed E-state index contributed by atoms with van der Waals surface area (Å²) in [5.41, 5.74) is 0. The molecule has 0 aliphatic carbocycles. The summed E-state index contributed by atoms with van der Waals surface area (Å²) in [5.74, 6) is 0.212. The fraction of sp³-hybridized carbons (Fsp3) is 0.900. The molecule has 98 valence electrons. The van der Waals surface area contributed by atoms with Crippen molar-refractivity contribution < 1.29 is 23.1 Å². The van der Waals surface area contributed by atoms with E-state index in [0.29, 0.717) is 12.8 Å². The number of rotatable bonds is 3. The van der Waals surface area contributed by atoms with Crippen LogP contribution in [0.3, 0.4) is 0 Å². The lowest BCUT2D eigenvalue weighted by Gasteiger charge is -2.25. The summed E-state index contributed by atoms with van der Waals surface area (Å²) in [6.45, 7) is 0.249. The zero-order valence-electron chi connectivity index (χ0n) is 9.54. The molecule has 2 atom stereocenters. The molecule has 0 aromatic carbocycles. The Kier molecular flexibility index (Phi) is 3.58. The van der Waals surface area contributed by atoms with E-state index in [2.05, 4.69) is 0 Å². The van der Waals surface area contributed by atoms with Crippen LogP contribution in [0.1, 0.15) is 19.3 Å². The van der Waals surface area contributed by atoms with Gasteiger partial charge in [0, 0.05) is 6.54 Å². The van der Waals surface area contributed by atoms with Crippen LogP contribution in [0.2, 0.25) is 0 Å². The molecule has 0 radical (unpaired) electrons. The molecular formula is C10H17NO5S. The van der Waals surface area contributed by atoms with Gasteiger partial charge in [0.25, 0.3) is 0 Å². The number of nitrogens with zero attached hydrogens (tertiary/aromatic N) is 1. The van der Waals surface area contributed by atoms with Gasteiger partial charge in [-0.2, -0.15) is 0 Å². The number of amides is 1. The number of hydrogen-bond donors (Lipinski definition) is 1. The summed E-state index contributed by atoms with van der Waals surface area (Å²) in [4.78, 5) is 12.8. The molecule has 0 aromatic rings. The zero-order valence-corrected chi connectivity index (χ0v) is 10.4. The van der Waals surface area contributed by atoms with Crippen LogP contribution < -0.4 is 0 Å². The second-order valence-electron chi connectivity index (χ2n) is 4.58. The van der Waals surface area contributed by atoms with Crippen molar-refractivity contribution in [1.82, 2.24) is 4.90 Å². The molecule has 2 saturated heterocycles. The Morgan fingerprint density at radius 3 is 2.76 bits per heavy atom. The van der Waals surface area contributed by atoms with E-state index in [4.69, 9.17) is 9.84 Å². The fourth-order valence-electron chi connectivity index (χ4n) is 2.29. The van der Waals surface area contributed by atoms with E-state index in [-0.39, 0.29) is 25.4 Å². The van der Waals surface area contributed by atoms with E-state index in [0.717, 1.165) is 6.42 Å². The minimum absolute atomic E-state index is 0.192. The van der Waals surface area contributed by atoms with Gasteiger partial charge in [-0.15, -0.1) is 0 Å². The molecule has 2 fully saturated rings. The summed E-state index contributed by atoms with van der Waals surface area (Å²) in [5, 5.41) is 8.42. The van der Waals surface area contributed by atoms with E-state index in [1.54, 1.807) is 0 Å². The van der Waals surface area contributed by atoms with Crippen LogP contribution in [0.25, 0.3) is 0 Å². The molecule has 17 heavy (non-hydrogen) atoms. The molecule has 6 nitrogen and oxygen atoms in total. The molecule has 0 saturated carbocycles. The van der Waals surface area contributed by atoms with Gasteiger partial charge in [-0.3, -0.25) is 0 Å². The van der Waals surface area contributed by atoms with Gasteiger partial charge in [0.2, 0.25) is 0 Å². The van der Waals surface area contributed by atoms with Crippen LogP contribution in [0, 0.1) is 0 Å². The Balaban J connectivity index is 1.99. The molecule has 1 N–H and O–H groups in total. The van der Waals surface area contributed by atoms with Crippen molar-refractivity contribution in [2.75, 3.05) is 25.4 Å². The minimum atomic E-state index is -3.07. The highest BCUT2D eigenvalue weighted by Gasteiger charge is 2.36. The summed E-state index contributed by atoms with van der Waals surface area (Å²) >= 11 is 0. The van der Waals surface area contributed by atoms with Crippen molar-refractivity contribution >= 4 is 15.9 Å². The average molecular weight is 263 g/mol. The number of ether oxygens (including phenoxy) is 1. The first kappa shape index (κ1) is 12.6. The lowest BCUT2D eigenvalue weighted by Crippen LogP contribution is -2.40. The number of sulfone groups is 1. The number of hydrogen-bond acceptors (Lipinski definition) is 5. The van der Waals surface area contributed by atoms with Crippen molar-refractivity contribution in [3.8, 4) is 0 Å². The van der Waals surface area contributed by atoms with Crippen LogP contribution >= 0.6 is 0 Å². The molecule has 2 heterocycles. The largest absolute Gasteiger partial charge is 0.442 e. The van der Waals surface area contributed by atoms with Crippen molar-refractivity contribution in [3.63, 3.8) is 0 Å². The monoisotopic (exact) mass is 263 g/mol. The quantitative estimate of drug-likeness (QED) is 0.760. The number of aliphatic hydroxyl groups excluding tert-OH is 1. The zero-order chi connectivity index (χ0) is 12.5. The Hall–Kier alpha value is -0.820. The third kappa shape index (κ3) is 2.71. The van der Waals surface area contributed by atoms with Gasteiger partial charge in [-0.1, -0.05) is 6.42 Å². The van der Waals surface area contributed by atoms with Gasteiger partial charge in [0.15, 0.2) is 9.84 Å². The molecule has 7 heteroatoms.